The maximum Gasteiger partial charge on any atom is 0.332 e. The van der Waals surface area contributed by atoms with Gasteiger partial charge in [-0.25, -0.2) is 14.4 Å². The number of carboxylic acids is 2. The number of aliphatic hydroxyl groups is 3. The van der Waals surface area contributed by atoms with Gasteiger partial charge in [-0.05, 0) is 19.3 Å². The van der Waals surface area contributed by atoms with E-state index < -0.39 is 61.6 Å². The van der Waals surface area contributed by atoms with Gasteiger partial charge in [0.2, 0.25) is 0 Å². The maximum absolute atomic E-state index is 11.0. The van der Waals surface area contributed by atoms with Crippen molar-refractivity contribution in [3.8, 4) is 0 Å². The second kappa shape index (κ2) is 8.55. The van der Waals surface area contributed by atoms with Crippen LogP contribution in [0.15, 0.2) is 0 Å². The van der Waals surface area contributed by atoms with E-state index >= 15 is 0 Å². The van der Waals surface area contributed by atoms with Crippen molar-refractivity contribution in [1.29, 1.82) is 0 Å². The Kier molecular flexibility index (Phi) is 7.85. The zero-order valence-electron chi connectivity index (χ0n) is 11.6. The molecule has 0 bridgehead atoms. The Balaban J connectivity index is 5.11. The van der Waals surface area contributed by atoms with Crippen LogP contribution >= 0.6 is 0 Å². The van der Waals surface area contributed by atoms with E-state index in [9.17, 15) is 24.6 Å². The van der Waals surface area contributed by atoms with Crippen molar-refractivity contribution in [2.75, 3.05) is 13.2 Å². The molecule has 5 N–H and O–H groups in total. The fourth-order valence-corrected chi connectivity index (χ4v) is 1.87. The standard InChI is InChI=1S/C12H20O9/c1-2-12(3-7(14)10(17)18,4-8(15)11(19)20)6-21-9(16)5-13/h7-8,13-15H,2-6H2,1H3,(H,17,18)(H,19,20). The van der Waals surface area contributed by atoms with Gasteiger partial charge in [0.25, 0.3) is 0 Å². The van der Waals surface area contributed by atoms with Gasteiger partial charge in [0.05, 0.1) is 6.61 Å². The molecule has 0 fully saturated rings. The van der Waals surface area contributed by atoms with E-state index in [2.05, 4.69) is 0 Å². The van der Waals surface area contributed by atoms with Crippen LogP contribution in [0.25, 0.3) is 0 Å². The van der Waals surface area contributed by atoms with E-state index in [1.807, 2.05) is 0 Å². The molecule has 0 aliphatic heterocycles. The summed E-state index contributed by atoms with van der Waals surface area (Å²) in [4.78, 5) is 32.4. The van der Waals surface area contributed by atoms with Gasteiger partial charge in [0, 0.05) is 5.41 Å². The van der Waals surface area contributed by atoms with Crippen LogP contribution in [-0.2, 0) is 19.1 Å². The van der Waals surface area contributed by atoms with E-state index in [0.29, 0.717) is 0 Å². The molecule has 2 atom stereocenters. The Morgan fingerprint density at radius 3 is 1.76 bits per heavy atom. The largest absolute Gasteiger partial charge is 0.479 e. The minimum absolute atomic E-state index is 0.153. The van der Waals surface area contributed by atoms with Crippen LogP contribution in [-0.4, -0.2) is 68.9 Å². The summed E-state index contributed by atoms with van der Waals surface area (Å²) >= 11 is 0. The summed E-state index contributed by atoms with van der Waals surface area (Å²) in [6.07, 6.45) is -4.23. The molecule has 0 aromatic rings. The van der Waals surface area contributed by atoms with Gasteiger partial charge in [0.1, 0.15) is 6.61 Å². The minimum atomic E-state index is -1.79. The molecular formula is C12H20O9. The molecule has 0 aliphatic carbocycles. The van der Waals surface area contributed by atoms with Crippen LogP contribution in [0, 0.1) is 5.41 Å². The van der Waals surface area contributed by atoms with Crippen molar-refractivity contribution in [1.82, 2.24) is 0 Å². The summed E-state index contributed by atoms with van der Waals surface area (Å²) in [5.41, 5.74) is -1.24. The summed E-state index contributed by atoms with van der Waals surface area (Å²) in [5, 5.41) is 44.9. The Bertz CT molecular complexity index is 357. The highest BCUT2D eigenvalue weighted by Crippen LogP contribution is 2.34. The lowest BCUT2D eigenvalue weighted by atomic mass is 9.76. The Hall–Kier alpha value is -1.71. The van der Waals surface area contributed by atoms with Gasteiger partial charge in [-0.3, -0.25) is 0 Å². The summed E-state index contributed by atoms with van der Waals surface area (Å²) < 4.78 is 4.71. The van der Waals surface area contributed by atoms with Crippen LogP contribution < -0.4 is 0 Å². The van der Waals surface area contributed by atoms with Crippen LogP contribution in [0.1, 0.15) is 26.2 Å². The predicted octanol–water partition coefficient (Wildman–Crippen LogP) is -1.41. The van der Waals surface area contributed by atoms with E-state index in [1.165, 1.54) is 0 Å². The monoisotopic (exact) mass is 308 g/mol. The second-order valence-electron chi connectivity index (χ2n) is 4.79. The molecular weight excluding hydrogens is 288 g/mol. The van der Waals surface area contributed by atoms with Gasteiger partial charge in [-0.2, -0.15) is 0 Å². The lowest BCUT2D eigenvalue weighted by Gasteiger charge is -2.34. The first kappa shape index (κ1) is 19.3. The molecule has 0 aromatic heterocycles. The van der Waals surface area contributed by atoms with Gasteiger partial charge in [0.15, 0.2) is 12.2 Å². The third-order valence-electron chi connectivity index (χ3n) is 3.24. The Morgan fingerprint density at radius 2 is 1.48 bits per heavy atom. The molecule has 122 valence electrons. The van der Waals surface area contributed by atoms with Crippen LogP contribution in [0.4, 0.5) is 0 Å². The third-order valence-corrected chi connectivity index (χ3v) is 3.24. The van der Waals surface area contributed by atoms with E-state index in [4.69, 9.17) is 20.1 Å². The van der Waals surface area contributed by atoms with Crippen molar-refractivity contribution in [3.05, 3.63) is 0 Å². The average molecular weight is 308 g/mol. The van der Waals surface area contributed by atoms with E-state index in [-0.39, 0.29) is 6.42 Å². The SMILES string of the molecule is CCC(COC(=O)CO)(CC(O)C(=O)O)CC(O)C(=O)O. The number of esters is 1. The zero-order valence-corrected chi connectivity index (χ0v) is 11.6. The highest BCUT2D eigenvalue weighted by atomic mass is 16.5. The average Bonchev–Trinajstić information content (AvgIpc) is 2.43. The molecule has 21 heavy (non-hydrogen) atoms. The molecule has 0 rings (SSSR count). The highest BCUT2D eigenvalue weighted by molar-refractivity contribution is 5.73. The van der Waals surface area contributed by atoms with E-state index in [0.717, 1.165) is 0 Å². The molecule has 0 spiro atoms. The quantitative estimate of drug-likeness (QED) is 0.305. The number of rotatable bonds is 10. The van der Waals surface area contributed by atoms with Crippen molar-refractivity contribution in [3.63, 3.8) is 0 Å². The Morgan fingerprint density at radius 1 is 1.05 bits per heavy atom. The fraction of sp³-hybridized carbons (Fsp3) is 0.750. The lowest BCUT2D eigenvalue weighted by molar-refractivity contribution is -0.158. The maximum atomic E-state index is 11.0. The molecule has 0 radical (unpaired) electrons. The molecule has 0 saturated carbocycles. The first-order valence-corrected chi connectivity index (χ1v) is 6.25. The summed E-state index contributed by atoms with van der Waals surface area (Å²) in [7, 11) is 0. The zero-order chi connectivity index (χ0) is 16.6. The summed E-state index contributed by atoms with van der Waals surface area (Å²) in [6, 6.07) is 0. The Labute approximate surface area is 120 Å². The highest BCUT2D eigenvalue weighted by Gasteiger charge is 2.38. The number of aliphatic carboxylic acids is 2. The topological polar surface area (TPSA) is 162 Å². The smallest absolute Gasteiger partial charge is 0.332 e. The van der Waals surface area contributed by atoms with Crippen molar-refractivity contribution in [2.45, 2.75) is 38.4 Å². The van der Waals surface area contributed by atoms with Crippen LogP contribution in [0.5, 0.6) is 0 Å². The fourth-order valence-electron chi connectivity index (χ4n) is 1.87. The number of hydrogen-bond donors (Lipinski definition) is 5. The predicted molar refractivity (Wildman–Crippen MR) is 67.3 cm³/mol. The number of carboxylic acid groups (broad SMARTS) is 2. The number of carbonyl (C=O) groups excluding carboxylic acids is 1. The first-order chi connectivity index (χ1) is 9.67. The van der Waals surface area contributed by atoms with Gasteiger partial charge in [-0.1, -0.05) is 6.92 Å². The molecule has 9 heteroatoms. The molecule has 0 amide bonds. The molecule has 9 nitrogen and oxygen atoms in total. The van der Waals surface area contributed by atoms with E-state index in [1.54, 1.807) is 6.92 Å². The van der Waals surface area contributed by atoms with Crippen LogP contribution in [0.2, 0.25) is 0 Å². The number of carbonyl (C=O) groups is 3. The van der Waals surface area contributed by atoms with Gasteiger partial charge >= 0.3 is 17.9 Å². The second-order valence-corrected chi connectivity index (χ2v) is 4.79. The van der Waals surface area contributed by atoms with Crippen molar-refractivity contribution in [2.24, 2.45) is 5.41 Å². The van der Waals surface area contributed by atoms with Gasteiger partial charge < -0.3 is 30.3 Å². The number of ether oxygens (including phenoxy) is 1. The van der Waals surface area contributed by atoms with Crippen molar-refractivity contribution >= 4 is 17.9 Å². The van der Waals surface area contributed by atoms with Gasteiger partial charge in [-0.15, -0.1) is 0 Å². The molecule has 0 saturated heterocycles. The normalized spacial score (nSPS) is 16.6. The number of hydrogen-bond acceptors (Lipinski definition) is 7. The van der Waals surface area contributed by atoms with Crippen LogP contribution in [0.3, 0.4) is 0 Å². The summed E-state index contributed by atoms with van der Waals surface area (Å²) in [6.45, 7) is 0.274. The third kappa shape index (κ3) is 6.52. The minimum Gasteiger partial charge on any atom is -0.479 e. The molecule has 2 unspecified atom stereocenters. The molecule has 0 heterocycles. The van der Waals surface area contributed by atoms with Crippen molar-refractivity contribution < 1.29 is 44.7 Å². The molecule has 0 aromatic carbocycles. The first-order valence-electron chi connectivity index (χ1n) is 6.25. The molecule has 0 aliphatic rings. The lowest BCUT2D eigenvalue weighted by Crippen LogP contribution is -2.40. The number of aliphatic hydroxyl groups excluding tert-OH is 3. The summed E-state index contributed by atoms with van der Waals surface area (Å²) in [5.74, 6) is -3.99.